The Morgan fingerprint density at radius 2 is 1.73 bits per heavy atom. The van der Waals surface area contributed by atoms with Crippen LogP contribution in [0.4, 0.5) is 0 Å². The van der Waals surface area contributed by atoms with E-state index < -0.39 is 17.4 Å². The van der Waals surface area contributed by atoms with Crippen molar-refractivity contribution in [1.29, 1.82) is 0 Å². The lowest BCUT2D eigenvalue weighted by molar-refractivity contribution is 0.590. The number of hydrogen-bond donors (Lipinski definition) is 0. The molecule has 0 amide bonds. The molecular weight excluding hydrogens is 216 g/mol. The molecule has 1 rings (SSSR count). The Morgan fingerprint density at radius 1 is 1.20 bits per heavy atom. The van der Waals surface area contributed by atoms with E-state index in [1.165, 1.54) is 10.8 Å². The van der Waals surface area contributed by atoms with Crippen molar-refractivity contribution >= 4 is 28.6 Å². The maximum Gasteiger partial charge on any atom is 0.205 e. The van der Waals surface area contributed by atoms with E-state index in [0.29, 0.717) is 0 Å². The SMILES string of the molecule is C=Cc1ccc([Si](C)(C)O[Si](C)C)cc1. The first-order valence-electron chi connectivity index (χ1n) is 5.18. The van der Waals surface area contributed by atoms with Crippen LogP contribution in [0.25, 0.3) is 6.08 Å². The van der Waals surface area contributed by atoms with E-state index in [9.17, 15) is 0 Å². The van der Waals surface area contributed by atoms with Crippen LogP contribution >= 0.6 is 0 Å². The van der Waals surface area contributed by atoms with Gasteiger partial charge in [0.15, 0.2) is 9.04 Å². The first kappa shape index (κ1) is 12.4. The zero-order valence-corrected chi connectivity index (χ0v) is 12.0. The topological polar surface area (TPSA) is 9.23 Å². The fourth-order valence-electron chi connectivity index (χ4n) is 1.59. The Kier molecular flexibility index (Phi) is 4.07. The normalized spacial score (nSPS) is 11.8. The molecule has 15 heavy (non-hydrogen) atoms. The van der Waals surface area contributed by atoms with Gasteiger partial charge in [-0.3, -0.25) is 0 Å². The summed E-state index contributed by atoms with van der Waals surface area (Å²) >= 11 is 0. The van der Waals surface area contributed by atoms with E-state index in [-0.39, 0.29) is 0 Å². The molecule has 0 heterocycles. The largest absolute Gasteiger partial charge is 0.452 e. The van der Waals surface area contributed by atoms with E-state index in [1.807, 2.05) is 6.08 Å². The van der Waals surface area contributed by atoms with Crippen molar-refractivity contribution in [2.45, 2.75) is 26.2 Å². The van der Waals surface area contributed by atoms with E-state index in [1.54, 1.807) is 0 Å². The molecule has 0 aliphatic heterocycles. The highest BCUT2D eigenvalue weighted by Crippen LogP contribution is 2.09. The summed E-state index contributed by atoms with van der Waals surface area (Å²) in [4.78, 5) is 0. The summed E-state index contributed by atoms with van der Waals surface area (Å²) in [6.07, 6.45) is 1.87. The summed E-state index contributed by atoms with van der Waals surface area (Å²) in [6.45, 7) is 12.7. The number of benzene rings is 1. The Hall–Kier alpha value is -0.646. The minimum absolute atomic E-state index is 0.613. The van der Waals surface area contributed by atoms with E-state index in [2.05, 4.69) is 57.0 Å². The van der Waals surface area contributed by atoms with Gasteiger partial charge in [0.2, 0.25) is 8.32 Å². The van der Waals surface area contributed by atoms with Crippen molar-refractivity contribution in [3.63, 3.8) is 0 Å². The fraction of sp³-hybridized carbons (Fsp3) is 0.333. The molecule has 0 spiro atoms. The van der Waals surface area contributed by atoms with Crippen LogP contribution in [0.15, 0.2) is 30.8 Å². The van der Waals surface area contributed by atoms with Gasteiger partial charge in [0.25, 0.3) is 0 Å². The highest BCUT2D eigenvalue weighted by molar-refractivity contribution is 6.88. The molecule has 1 radical (unpaired) electrons. The standard InChI is InChI=1S/C12H19OSi2/c1-6-11-7-9-12(10-8-11)15(4,5)13-14(2)3/h6-10H,1H2,2-5H3. The zero-order valence-electron chi connectivity index (χ0n) is 10.0. The van der Waals surface area contributed by atoms with Gasteiger partial charge >= 0.3 is 0 Å². The smallest absolute Gasteiger partial charge is 0.205 e. The molecule has 1 nitrogen and oxygen atoms in total. The molecule has 0 saturated carbocycles. The highest BCUT2D eigenvalue weighted by Gasteiger charge is 2.26. The second kappa shape index (κ2) is 4.92. The van der Waals surface area contributed by atoms with Crippen molar-refractivity contribution in [2.75, 3.05) is 0 Å². The lowest BCUT2D eigenvalue weighted by Gasteiger charge is -2.25. The maximum absolute atomic E-state index is 6.11. The molecule has 0 bridgehead atoms. The Morgan fingerprint density at radius 3 is 2.13 bits per heavy atom. The molecule has 1 aromatic rings. The molecule has 0 unspecified atom stereocenters. The van der Waals surface area contributed by atoms with Crippen molar-refractivity contribution < 1.29 is 4.12 Å². The minimum atomic E-state index is -1.67. The van der Waals surface area contributed by atoms with Gasteiger partial charge in [0.1, 0.15) is 0 Å². The zero-order chi connectivity index (χ0) is 11.5. The van der Waals surface area contributed by atoms with Crippen LogP contribution < -0.4 is 5.19 Å². The van der Waals surface area contributed by atoms with Gasteiger partial charge in [0.05, 0.1) is 0 Å². The highest BCUT2D eigenvalue weighted by atomic mass is 28.4. The fourth-order valence-corrected chi connectivity index (χ4v) is 7.11. The second-order valence-electron chi connectivity index (χ2n) is 4.35. The van der Waals surface area contributed by atoms with Gasteiger partial charge in [-0.1, -0.05) is 36.9 Å². The van der Waals surface area contributed by atoms with Crippen molar-refractivity contribution in [2.24, 2.45) is 0 Å². The summed E-state index contributed by atoms with van der Waals surface area (Å²) in [7, 11) is -2.28. The first-order valence-corrected chi connectivity index (χ1v) is 10.5. The number of hydrogen-bond acceptors (Lipinski definition) is 1. The lowest BCUT2D eigenvalue weighted by atomic mass is 10.2. The van der Waals surface area contributed by atoms with Crippen LogP contribution in [0, 0.1) is 0 Å². The third kappa shape index (κ3) is 3.44. The van der Waals surface area contributed by atoms with Crippen LogP contribution in [-0.2, 0) is 4.12 Å². The molecule has 1 aromatic carbocycles. The molecule has 0 aromatic heterocycles. The van der Waals surface area contributed by atoms with Crippen LogP contribution in [-0.4, -0.2) is 17.4 Å². The van der Waals surface area contributed by atoms with Crippen molar-refractivity contribution in [1.82, 2.24) is 0 Å². The summed E-state index contributed by atoms with van der Waals surface area (Å²) in [5, 5.41) is 1.36. The van der Waals surface area contributed by atoms with E-state index in [4.69, 9.17) is 4.12 Å². The third-order valence-electron chi connectivity index (χ3n) is 2.30. The van der Waals surface area contributed by atoms with Crippen LogP contribution in [0.3, 0.4) is 0 Å². The average molecular weight is 235 g/mol. The van der Waals surface area contributed by atoms with Crippen LogP contribution in [0.1, 0.15) is 5.56 Å². The molecule has 3 heteroatoms. The lowest BCUT2D eigenvalue weighted by Crippen LogP contribution is -2.47. The van der Waals surface area contributed by atoms with Gasteiger partial charge in [0, 0.05) is 0 Å². The van der Waals surface area contributed by atoms with Gasteiger partial charge in [-0.05, 0) is 36.9 Å². The Labute approximate surface area is 95.7 Å². The molecule has 0 aliphatic rings. The van der Waals surface area contributed by atoms with Crippen LogP contribution in [0.5, 0.6) is 0 Å². The molecule has 81 valence electrons. The van der Waals surface area contributed by atoms with Crippen molar-refractivity contribution in [3.05, 3.63) is 36.4 Å². The maximum atomic E-state index is 6.11. The molecular formula is C12H19OSi2. The quantitative estimate of drug-likeness (QED) is 0.729. The molecule has 0 N–H and O–H groups in total. The van der Waals surface area contributed by atoms with Crippen molar-refractivity contribution in [3.8, 4) is 0 Å². The summed E-state index contributed by atoms with van der Waals surface area (Å²) in [5.74, 6) is 0. The summed E-state index contributed by atoms with van der Waals surface area (Å²) < 4.78 is 6.11. The monoisotopic (exact) mass is 235 g/mol. The molecule has 0 saturated heterocycles. The van der Waals surface area contributed by atoms with Crippen LogP contribution in [0.2, 0.25) is 26.2 Å². The molecule has 0 aliphatic carbocycles. The Balaban J connectivity index is 2.89. The third-order valence-corrected chi connectivity index (χ3v) is 7.70. The van der Waals surface area contributed by atoms with Gasteiger partial charge in [-0.25, -0.2) is 0 Å². The molecule has 0 atom stereocenters. The average Bonchev–Trinajstić information content (AvgIpc) is 2.16. The van der Waals surface area contributed by atoms with E-state index in [0.717, 1.165) is 0 Å². The second-order valence-corrected chi connectivity index (χ2v) is 10.6. The first-order chi connectivity index (χ1) is 6.95. The van der Waals surface area contributed by atoms with E-state index >= 15 is 0 Å². The Bertz CT molecular complexity index is 328. The number of rotatable bonds is 4. The predicted molar refractivity (Wildman–Crippen MR) is 72.2 cm³/mol. The summed E-state index contributed by atoms with van der Waals surface area (Å²) in [6, 6.07) is 8.57. The van der Waals surface area contributed by atoms with Gasteiger partial charge < -0.3 is 4.12 Å². The van der Waals surface area contributed by atoms with Gasteiger partial charge in [-0.2, -0.15) is 0 Å². The minimum Gasteiger partial charge on any atom is -0.452 e. The summed E-state index contributed by atoms with van der Waals surface area (Å²) in [5.41, 5.74) is 1.17. The molecule has 0 fully saturated rings. The predicted octanol–water partition coefficient (Wildman–Crippen LogP) is 3.01. The van der Waals surface area contributed by atoms with Gasteiger partial charge in [-0.15, -0.1) is 0 Å².